The maximum absolute atomic E-state index is 9.66. The molecule has 2 saturated carbocycles. The lowest BCUT2D eigenvalue weighted by Crippen LogP contribution is -2.18. The summed E-state index contributed by atoms with van der Waals surface area (Å²) in [5.41, 5.74) is 0.336. The van der Waals surface area contributed by atoms with Gasteiger partial charge in [-0.1, -0.05) is 19.8 Å². The molecule has 2 aliphatic rings. The standard InChI is InChI=1S/C9H16O/c1-9(4-5-9)8(10)6-7-2-3-7/h7-8,10H,2-6H2,1H3. The van der Waals surface area contributed by atoms with Crippen LogP contribution in [0.5, 0.6) is 0 Å². The van der Waals surface area contributed by atoms with Crippen molar-refractivity contribution >= 4 is 0 Å². The smallest absolute Gasteiger partial charge is 0.0596 e. The van der Waals surface area contributed by atoms with E-state index in [1.54, 1.807) is 0 Å². The van der Waals surface area contributed by atoms with Crippen molar-refractivity contribution in [2.75, 3.05) is 0 Å². The summed E-state index contributed by atoms with van der Waals surface area (Å²) in [6, 6.07) is 0. The third-order valence-electron chi connectivity index (χ3n) is 3.10. The summed E-state index contributed by atoms with van der Waals surface area (Å²) >= 11 is 0. The van der Waals surface area contributed by atoms with Crippen molar-refractivity contribution in [1.29, 1.82) is 0 Å². The minimum atomic E-state index is 0.0139. The van der Waals surface area contributed by atoms with Gasteiger partial charge in [0.15, 0.2) is 0 Å². The fraction of sp³-hybridized carbons (Fsp3) is 1.00. The normalized spacial score (nSPS) is 31.8. The van der Waals surface area contributed by atoms with Crippen LogP contribution in [0.3, 0.4) is 0 Å². The second kappa shape index (κ2) is 1.97. The van der Waals surface area contributed by atoms with Crippen LogP contribution in [0.1, 0.15) is 39.0 Å². The molecule has 0 aromatic heterocycles. The number of hydrogen-bond acceptors (Lipinski definition) is 1. The largest absolute Gasteiger partial charge is 0.393 e. The van der Waals surface area contributed by atoms with Crippen LogP contribution >= 0.6 is 0 Å². The molecule has 0 radical (unpaired) electrons. The third kappa shape index (κ3) is 1.20. The average molecular weight is 140 g/mol. The molecule has 0 spiro atoms. The van der Waals surface area contributed by atoms with Gasteiger partial charge in [0.1, 0.15) is 0 Å². The summed E-state index contributed by atoms with van der Waals surface area (Å²) in [6.45, 7) is 2.21. The lowest BCUT2D eigenvalue weighted by atomic mass is 9.97. The number of aliphatic hydroxyl groups is 1. The Balaban J connectivity index is 1.80. The van der Waals surface area contributed by atoms with Crippen LogP contribution in [0.2, 0.25) is 0 Å². The molecule has 0 saturated heterocycles. The lowest BCUT2D eigenvalue weighted by molar-refractivity contribution is 0.0886. The van der Waals surface area contributed by atoms with Crippen molar-refractivity contribution in [3.63, 3.8) is 0 Å². The van der Waals surface area contributed by atoms with Gasteiger partial charge in [0, 0.05) is 0 Å². The average Bonchev–Trinajstić information content (AvgIpc) is 2.67. The Morgan fingerprint density at radius 3 is 2.50 bits per heavy atom. The van der Waals surface area contributed by atoms with Crippen LogP contribution in [0.15, 0.2) is 0 Å². The maximum atomic E-state index is 9.66. The molecule has 0 aliphatic heterocycles. The molecule has 58 valence electrons. The van der Waals surface area contributed by atoms with E-state index in [2.05, 4.69) is 6.92 Å². The minimum absolute atomic E-state index is 0.0139. The zero-order valence-corrected chi connectivity index (χ0v) is 6.64. The summed E-state index contributed by atoms with van der Waals surface area (Å²) in [5, 5.41) is 9.66. The van der Waals surface area contributed by atoms with Gasteiger partial charge in [0.25, 0.3) is 0 Å². The SMILES string of the molecule is CC1(C(O)CC2CC2)CC1. The molecule has 2 rings (SSSR count). The Hall–Kier alpha value is -0.0400. The van der Waals surface area contributed by atoms with E-state index in [0.29, 0.717) is 5.41 Å². The first kappa shape index (κ1) is 6.66. The molecule has 10 heavy (non-hydrogen) atoms. The van der Waals surface area contributed by atoms with Crippen molar-refractivity contribution in [3.05, 3.63) is 0 Å². The van der Waals surface area contributed by atoms with E-state index in [0.717, 1.165) is 12.3 Å². The molecule has 1 N–H and O–H groups in total. The van der Waals surface area contributed by atoms with Gasteiger partial charge in [-0.3, -0.25) is 0 Å². The van der Waals surface area contributed by atoms with Gasteiger partial charge in [-0.25, -0.2) is 0 Å². The minimum Gasteiger partial charge on any atom is -0.393 e. The second-order valence-electron chi connectivity index (χ2n) is 4.35. The van der Waals surface area contributed by atoms with E-state index in [1.807, 2.05) is 0 Å². The van der Waals surface area contributed by atoms with Gasteiger partial charge in [0.2, 0.25) is 0 Å². The van der Waals surface area contributed by atoms with Crippen molar-refractivity contribution in [2.24, 2.45) is 11.3 Å². The van der Waals surface area contributed by atoms with Gasteiger partial charge < -0.3 is 5.11 Å². The van der Waals surface area contributed by atoms with Crippen molar-refractivity contribution in [1.82, 2.24) is 0 Å². The van der Waals surface area contributed by atoms with Gasteiger partial charge in [-0.2, -0.15) is 0 Å². The molecular formula is C9H16O. The van der Waals surface area contributed by atoms with Crippen molar-refractivity contribution in [3.8, 4) is 0 Å². The zero-order chi connectivity index (χ0) is 7.19. The van der Waals surface area contributed by atoms with Gasteiger partial charge >= 0.3 is 0 Å². The molecule has 0 heterocycles. The van der Waals surface area contributed by atoms with Crippen molar-refractivity contribution < 1.29 is 5.11 Å². The van der Waals surface area contributed by atoms with Crippen LogP contribution < -0.4 is 0 Å². The summed E-state index contributed by atoms with van der Waals surface area (Å²) in [5.74, 6) is 0.882. The van der Waals surface area contributed by atoms with Crippen molar-refractivity contribution in [2.45, 2.75) is 45.1 Å². The van der Waals surface area contributed by atoms with E-state index in [-0.39, 0.29) is 6.10 Å². The molecule has 1 heteroatoms. The van der Waals surface area contributed by atoms with E-state index >= 15 is 0 Å². The molecule has 2 aliphatic carbocycles. The summed E-state index contributed by atoms with van der Waals surface area (Å²) in [6.07, 6.45) is 6.33. The highest BCUT2D eigenvalue weighted by Crippen LogP contribution is 2.51. The highest BCUT2D eigenvalue weighted by atomic mass is 16.3. The number of aliphatic hydroxyl groups excluding tert-OH is 1. The van der Waals surface area contributed by atoms with E-state index in [9.17, 15) is 5.11 Å². The Morgan fingerprint density at radius 1 is 1.50 bits per heavy atom. The van der Waals surface area contributed by atoms with Gasteiger partial charge in [-0.15, -0.1) is 0 Å². The molecule has 0 bridgehead atoms. The first-order chi connectivity index (χ1) is 4.71. The van der Waals surface area contributed by atoms with Crippen LogP contribution in [0.25, 0.3) is 0 Å². The van der Waals surface area contributed by atoms with Gasteiger partial charge in [-0.05, 0) is 30.6 Å². The Labute approximate surface area is 62.4 Å². The zero-order valence-electron chi connectivity index (χ0n) is 6.64. The molecule has 2 fully saturated rings. The van der Waals surface area contributed by atoms with Crippen LogP contribution in [-0.4, -0.2) is 11.2 Å². The quantitative estimate of drug-likeness (QED) is 0.635. The number of hydrogen-bond donors (Lipinski definition) is 1. The predicted octanol–water partition coefficient (Wildman–Crippen LogP) is 1.95. The van der Waals surface area contributed by atoms with E-state index in [1.165, 1.54) is 25.7 Å². The monoisotopic (exact) mass is 140 g/mol. The topological polar surface area (TPSA) is 20.2 Å². The summed E-state index contributed by atoms with van der Waals surface area (Å²) < 4.78 is 0. The Bertz CT molecular complexity index is 134. The molecule has 1 atom stereocenters. The second-order valence-corrected chi connectivity index (χ2v) is 4.35. The maximum Gasteiger partial charge on any atom is 0.0596 e. The van der Waals surface area contributed by atoms with Gasteiger partial charge in [0.05, 0.1) is 6.10 Å². The first-order valence-electron chi connectivity index (χ1n) is 4.39. The summed E-state index contributed by atoms with van der Waals surface area (Å²) in [7, 11) is 0. The molecular weight excluding hydrogens is 124 g/mol. The van der Waals surface area contributed by atoms with Crippen LogP contribution in [-0.2, 0) is 0 Å². The molecule has 1 unspecified atom stereocenters. The first-order valence-corrected chi connectivity index (χ1v) is 4.39. The molecule has 0 amide bonds. The third-order valence-corrected chi connectivity index (χ3v) is 3.10. The highest BCUT2D eigenvalue weighted by Gasteiger charge is 2.45. The van der Waals surface area contributed by atoms with Crippen LogP contribution in [0.4, 0.5) is 0 Å². The Morgan fingerprint density at radius 2 is 2.10 bits per heavy atom. The highest BCUT2D eigenvalue weighted by molar-refractivity contribution is 4.96. The molecule has 0 aromatic carbocycles. The Kier molecular flexibility index (Phi) is 1.31. The fourth-order valence-electron chi connectivity index (χ4n) is 1.48. The van der Waals surface area contributed by atoms with E-state index in [4.69, 9.17) is 0 Å². The summed E-state index contributed by atoms with van der Waals surface area (Å²) in [4.78, 5) is 0. The number of rotatable bonds is 3. The van der Waals surface area contributed by atoms with Crippen LogP contribution in [0, 0.1) is 11.3 Å². The fourth-order valence-corrected chi connectivity index (χ4v) is 1.48. The molecule has 0 aromatic rings. The lowest BCUT2D eigenvalue weighted by Gasteiger charge is -2.16. The predicted molar refractivity (Wildman–Crippen MR) is 40.7 cm³/mol. The van der Waals surface area contributed by atoms with E-state index < -0.39 is 0 Å². The molecule has 1 nitrogen and oxygen atoms in total.